The molecule has 0 aromatic heterocycles. The standard InChI is InChI=1S/C21H29NO8/c1-12(19(24)25)28-18-16(22-13(2)23)20(26-10-14-8-6-5-7-9-14)29-15-11-27-21(3,4)30-17(15)18/h5-9,12,15-18,20H,10-11H2,1-4H3,(H,22,23)(H,24,25)/t12?,15-,16+,17-,18-,20?/m1/s1. The molecule has 0 bridgehead atoms. The zero-order valence-electron chi connectivity index (χ0n) is 17.6. The van der Waals surface area contributed by atoms with E-state index in [4.69, 9.17) is 23.7 Å². The Bertz CT molecular complexity index is 740. The van der Waals surface area contributed by atoms with Crippen LogP contribution in [0.2, 0.25) is 0 Å². The van der Waals surface area contributed by atoms with Crippen molar-refractivity contribution in [3.63, 3.8) is 0 Å². The Kier molecular flexibility index (Phi) is 7.10. The molecule has 30 heavy (non-hydrogen) atoms. The lowest BCUT2D eigenvalue weighted by atomic mass is 9.94. The van der Waals surface area contributed by atoms with Crippen molar-refractivity contribution >= 4 is 11.9 Å². The Balaban J connectivity index is 1.86. The monoisotopic (exact) mass is 423 g/mol. The molecular formula is C21H29NO8. The SMILES string of the molecule is CC(=O)N[C@@H]1C(OCc2ccccc2)O[C@@H]2COC(C)(C)O[C@H]2[C@@H]1OC(C)C(=O)O. The number of fused-ring (bicyclic) bond motifs is 1. The molecule has 2 saturated heterocycles. The largest absolute Gasteiger partial charge is 0.479 e. The Morgan fingerprint density at radius 3 is 2.63 bits per heavy atom. The molecule has 6 atom stereocenters. The highest BCUT2D eigenvalue weighted by molar-refractivity contribution is 5.73. The van der Waals surface area contributed by atoms with E-state index in [1.807, 2.05) is 30.3 Å². The van der Waals surface area contributed by atoms with Crippen LogP contribution in [0.25, 0.3) is 0 Å². The van der Waals surface area contributed by atoms with Crippen LogP contribution in [0, 0.1) is 0 Å². The maximum Gasteiger partial charge on any atom is 0.332 e. The first-order valence-corrected chi connectivity index (χ1v) is 9.94. The van der Waals surface area contributed by atoms with Gasteiger partial charge in [0.15, 0.2) is 18.2 Å². The Morgan fingerprint density at radius 1 is 1.30 bits per heavy atom. The normalized spacial score (nSPS) is 31.4. The van der Waals surface area contributed by atoms with E-state index >= 15 is 0 Å². The van der Waals surface area contributed by atoms with Crippen LogP contribution in [0.15, 0.2) is 30.3 Å². The van der Waals surface area contributed by atoms with E-state index in [0.29, 0.717) is 0 Å². The van der Waals surface area contributed by atoms with Gasteiger partial charge in [-0.25, -0.2) is 4.79 Å². The molecule has 2 unspecified atom stereocenters. The number of carbonyl (C=O) groups is 2. The summed E-state index contributed by atoms with van der Waals surface area (Å²) >= 11 is 0. The lowest BCUT2D eigenvalue weighted by Gasteiger charge is -2.51. The van der Waals surface area contributed by atoms with Crippen molar-refractivity contribution < 1.29 is 38.4 Å². The van der Waals surface area contributed by atoms with Crippen LogP contribution < -0.4 is 5.32 Å². The lowest BCUT2D eigenvalue weighted by molar-refractivity contribution is -0.374. The highest BCUT2D eigenvalue weighted by atomic mass is 16.8. The van der Waals surface area contributed by atoms with Gasteiger partial charge in [0.1, 0.15) is 24.4 Å². The number of nitrogens with one attached hydrogen (secondary N) is 1. The van der Waals surface area contributed by atoms with Gasteiger partial charge >= 0.3 is 5.97 Å². The summed E-state index contributed by atoms with van der Waals surface area (Å²) in [7, 11) is 0. The van der Waals surface area contributed by atoms with Crippen molar-refractivity contribution in [3.05, 3.63) is 35.9 Å². The van der Waals surface area contributed by atoms with E-state index in [0.717, 1.165) is 5.56 Å². The maximum absolute atomic E-state index is 11.9. The second-order valence-electron chi connectivity index (χ2n) is 7.94. The second kappa shape index (κ2) is 9.40. The number of hydrogen-bond acceptors (Lipinski definition) is 7. The Hall–Kier alpha value is -2.04. The first kappa shape index (κ1) is 22.6. The van der Waals surface area contributed by atoms with E-state index in [2.05, 4.69) is 5.32 Å². The quantitative estimate of drug-likeness (QED) is 0.678. The molecule has 2 aliphatic heterocycles. The summed E-state index contributed by atoms with van der Waals surface area (Å²) in [5.74, 6) is -2.34. The third-order valence-corrected chi connectivity index (χ3v) is 5.00. The predicted octanol–water partition coefficient (Wildman–Crippen LogP) is 1.44. The van der Waals surface area contributed by atoms with Gasteiger partial charge in [0.25, 0.3) is 0 Å². The third-order valence-electron chi connectivity index (χ3n) is 5.00. The molecule has 0 aliphatic carbocycles. The number of carboxylic acid groups (broad SMARTS) is 1. The minimum atomic E-state index is -1.12. The van der Waals surface area contributed by atoms with Crippen LogP contribution in [0.1, 0.15) is 33.3 Å². The van der Waals surface area contributed by atoms with E-state index in [1.54, 1.807) is 13.8 Å². The minimum Gasteiger partial charge on any atom is -0.479 e. The number of carbonyl (C=O) groups excluding carboxylic acids is 1. The molecule has 3 rings (SSSR count). The minimum absolute atomic E-state index is 0.219. The van der Waals surface area contributed by atoms with E-state index in [1.165, 1.54) is 13.8 Å². The second-order valence-corrected chi connectivity index (χ2v) is 7.94. The highest BCUT2D eigenvalue weighted by Gasteiger charge is 2.53. The van der Waals surface area contributed by atoms with Gasteiger partial charge in [-0.3, -0.25) is 4.79 Å². The molecule has 1 amide bonds. The van der Waals surface area contributed by atoms with Gasteiger partial charge in [-0.1, -0.05) is 30.3 Å². The van der Waals surface area contributed by atoms with E-state index in [-0.39, 0.29) is 19.1 Å². The third kappa shape index (κ3) is 5.55. The van der Waals surface area contributed by atoms with Gasteiger partial charge in [-0.15, -0.1) is 0 Å². The summed E-state index contributed by atoms with van der Waals surface area (Å²) in [6.45, 7) is 6.78. The molecule has 2 N–H and O–H groups in total. The molecular weight excluding hydrogens is 394 g/mol. The molecule has 2 heterocycles. The van der Waals surface area contributed by atoms with Crippen LogP contribution in [0.4, 0.5) is 0 Å². The van der Waals surface area contributed by atoms with Gasteiger partial charge in [0, 0.05) is 6.92 Å². The van der Waals surface area contributed by atoms with E-state index in [9.17, 15) is 14.7 Å². The molecule has 9 nitrogen and oxygen atoms in total. The predicted molar refractivity (Wildman–Crippen MR) is 104 cm³/mol. The fourth-order valence-electron chi connectivity index (χ4n) is 3.56. The summed E-state index contributed by atoms with van der Waals surface area (Å²) in [6, 6.07) is 8.74. The van der Waals surface area contributed by atoms with Crippen molar-refractivity contribution in [1.82, 2.24) is 5.32 Å². The number of aliphatic carboxylic acids is 1. The zero-order chi connectivity index (χ0) is 21.9. The molecule has 0 spiro atoms. The molecule has 0 saturated carbocycles. The molecule has 166 valence electrons. The summed E-state index contributed by atoms with van der Waals surface area (Å²) in [4.78, 5) is 23.4. The Morgan fingerprint density at radius 2 is 2.00 bits per heavy atom. The van der Waals surface area contributed by atoms with Crippen molar-refractivity contribution in [3.8, 4) is 0 Å². The van der Waals surface area contributed by atoms with Gasteiger partial charge in [0.2, 0.25) is 5.91 Å². The fraction of sp³-hybridized carbons (Fsp3) is 0.619. The first-order valence-electron chi connectivity index (χ1n) is 9.94. The molecule has 2 aliphatic rings. The molecule has 9 heteroatoms. The zero-order valence-corrected chi connectivity index (χ0v) is 17.6. The van der Waals surface area contributed by atoms with Crippen LogP contribution in [-0.4, -0.2) is 66.1 Å². The van der Waals surface area contributed by atoms with Gasteiger partial charge < -0.3 is 34.1 Å². The van der Waals surface area contributed by atoms with E-state index < -0.39 is 48.5 Å². The van der Waals surface area contributed by atoms with Crippen LogP contribution in [-0.2, 0) is 39.9 Å². The smallest absolute Gasteiger partial charge is 0.332 e. The highest BCUT2D eigenvalue weighted by Crippen LogP contribution is 2.35. The molecule has 1 aromatic carbocycles. The maximum atomic E-state index is 11.9. The number of ether oxygens (including phenoxy) is 5. The summed E-state index contributed by atoms with van der Waals surface area (Å²) < 4.78 is 29.6. The van der Waals surface area contributed by atoms with Gasteiger partial charge in [0.05, 0.1) is 13.2 Å². The van der Waals surface area contributed by atoms with Gasteiger partial charge in [-0.05, 0) is 26.3 Å². The summed E-state index contributed by atoms with van der Waals surface area (Å²) in [5.41, 5.74) is 0.929. The topological polar surface area (TPSA) is 113 Å². The lowest BCUT2D eigenvalue weighted by Crippen LogP contribution is -2.69. The van der Waals surface area contributed by atoms with Crippen LogP contribution in [0.5, 0.6) is 0 Å². The molecule has 1 aromatic rings. The van der Waals surface area contributed by atoms with Gasteiger partial charge in [-0.2, -0.15) is 0 Å². The van der Waals surface area contributed by atoms with Crippen molar-refractivity contribution in [2.24, 2.45) is 0 Å². The van der Waals surface area contributed by atoms with Crippen LogP contribution >= 0.6 is 0 Å². The molecule has 0 radical (unpaired) electrons. The number of hydrogen-bond donors (Lipinski definition) is 2. The average Bonchev–Trinajstić information content (AvgIpc) is 2.68. The Labute approximate surface area is 175 Å². The fourth-order valence-corrected chi connectivity index (χ4v) is 3.56. The first-order chi connectivity index (χ1) is 14.2. The van der Waals surface area contributed by atoms with Crippen LogP contribution in [0.3, 0.4) is 0 Å². The molecule has 2 fully saturated rings. The number of benzene rings is 1. The number of carboxylic acids is 1. The van der Waals surface area contributed by atoms with Crippen molar-refractivity contribution in [2.45, 2.75) is 76.8 Å². The van der Waals surface area contributed by atoms with Crippen molar-refractivity contribution in [2.75, 3.05) is 6.61 Å². The number of amides is 1. The van der Waals surface area contributed by atoms with Crippen molar-refractivity contribution in [1.29, 1.82) is 0 Å². The average molecular weight is 423 g/mol. The number of rotatable bonds is 7. The summed E-state index contributed by atoms with van der Waals surface area (Å²) in [5, 5.41) is 12.2. The summed E-state index contributed by atoms with van der Waals surface area (Å²) in [6.07, 6.45) is -4.01.